The van der Waals surface area contributed by atoms with Crippen LogP contribution in [0.4, 0.5) is 117 Å². The highest BCUT2D eigenvalue weighted by molar-refractivity contribution is 8.77. The quantitative estimate of drug-likeness (QED) is 0.181. The van der Waals surface area contributed by atoms with Crippen molar-refractivity contribution >= 4 is 82.9 Å². The molecule has 50 heavy (non-hydrogen) atoms. The second kappa shape index (κ2) is 7.54. The summed E-state index contributed by atoms with van der Waals surface area (Å²) < 4.78 is 403. The Morgan fingerprint density at radius 1 is 0.240 bits per heavy atom. The Hall–Kier alpha value is -0.860. The number of hydrogen-bond donors (Lipinski definition) is 0. The van der Waals surface area contributed by atoms with Crippen LogP contribution in [0.1, 0.15) is 0 Å². The molecule has 2 aromatic carbocycles. The van der Waals surface area contributed by atoms with Gasteiger partial charge in [0.05, 0.1) is 9.79 Å². The van der Waals surface area contributed by atoms with E-state index in [0.717, 1.165) is 0 Å². The van der Waals surface area contributed by atoms with Gasteiger partial charge in [-0.05, 0) is 45.9 Å². The SMILES string of the molecule is FS(F)(F)(F)(F)c1cc(S(F)(F)(F)(F)F)c(SSc2c(S(F)(F)(F)(F)F)cc(S(F)(F)(F)(F)F)cc2S(F)(F)(F)(F)F)c(S(F)(F)(F)(F)F)c1. The molecule has 2 rings (SSSR count). The Labute approximate surface area is 262 Å². The molecule has 0 bridgehead atoms. The summed E-state index contributed by atoms with van der Waals surface area (Å²) in [4.78, 5) is -40.8. The maximum atomic E-state index is 13.6. The molecule has 38 heteroatoms. The Morgan fingerprint density at radius 2 is 0.380 bits per heavy atom. The van der Waals surface area contributed by atoms with E-state index in [9.17, 15) is 117 Å². The van der Waals surface area contributed by atoms with Crippen molar-refractivity contribution < 1.29 is 117 Å². The van der Waals surface area contributed by atoms with Gasteiger partial charge in [0, 0.05) is 0 Å². The van der Waals surface area contributed by atoms with Crippen molar-refractivity contribution in [3.63, 3.8) is 0 Å². The first kappa shape index (κ1) is 45.3. The highest BCUT2D eigenvalue weighted by Crippen LogP contribution is 3.11. The van der Waals surface area contributed by atoms with Crippen molar-refractivity contribution in [2.24, 2.45) is 0 Å². The zero-order chi connectivity index (χ0) is 41.3. The zero-order valence-electron chi connectivity index (χ0n) is 20.9. The van der Waals surface area contributed by atoms with Gasteiger partial charge in [-0.3, -0.25) is 0 Å². The predicted molar refractivity (Wildman–Crippen MR) is 133 cm³/mol. The number of halogens is 30. The maximum absolute atomic E-state index is 13.6. The van der Waals surface area contributed by atoms with Crippen molar-refractivity contribution in [3.8, 4) is 0 Å². The minimum Gasteiger partial charge on any atom is -0.0936 e. The van der Waals surface area contributed by atoms with E-state index >= 15 is 0 Å². The predicted octanol–water partition coefficient (Wildman–Crippen LogP) is 20.4. The fourth-order valence-electron chi connectivity index (χ4n) is 2.94. The fraction of sp³-hybridized carbons (Fsp3) is 0. The molecule has 2 aromatic rings. The highest BCUT2D eigenvalue weighted by atomic mass is 33.1. The Morgan fingerprint density at radius 3 is 0.480 bits per heavy atom. The fourth-order valence-corrected chi connectivity index (χ4v) is 13.3. The second-order valence-electron chi connectivity index (χ2n) is 9.48. The van der Waals surface area contributed by atoms with Gasteiger partial charge in [-0.2, -0.15) is 0 Å². The highest BCUT2D eigenvalue weighted by Gasteiger charge is 2.77. The molecule has 0 aliphatic rings. The lowest BCUT2D eigenvalue weighted by Crippen LogP contribution is -2.18. The van der Waals surface area contributed by atoms with Gasteiger partial charge in [-0.25, -0.2) is 0 Å². The van der Waals surface area contributed by atoms with Gasteiger partial charge in [0.15, 0.2) is 0 Å². The molecule has 0 saturated carbocycles. The monoisotopic (exact) mass is 974 g/mol. The first-order valence-corrected chi connectivity index (χ1v) is 23.6. The molecule has 0 nitrogen and oxygen atoms in total. The van der Waals surface area contributed by atoms with Crippen LogP contribution in [0.2, 0.25) is 0 Å². The van der Waals surface area contributed by atoms with Gasteiger partial charge < -0.3 is 0 Å². The second-order valence-corrected chi connectivity index (χ2v) is 26.0. The average Bonchev–Trinajstić information content (AvgIpc) is 2.60. The van der Waals surface area contributed by atoms with E-state index in [1.54, 1.807) is 0 Å². The largest absolute Gasteiger partial charge is 0.311 e. The van der Waals surface area contributed by atoms with Gasteiger partial charge >= 0.3 is 61.3 Å². The minimum atomic E-state index is -12.9. The standard InChI is InChI=1S/C12H4F30S8/c13-45(14,15,16,17)5-1-7(47(23,24,25,26)27)11(8(2-5)48(28,29,30,31)32)43-44-12-9(49(33,34,35,36)37)3-6(46(18,19,20,21)22)4-10(12)50(38,39,40,41)42/h1-4H. The first-order valence-electron chi connectivity index (χ1n) is 9.74. The molecule has 0 spiro atoms. The van der Waals surface area contributed by atoms with Gasteiger partial charge in [0.25, 0.3) is 0 Å². The Kier molecular flexibility index (Phi) is 6.83. The van der Waals surface area contributed by atoms with Crippen molar-refractivity contribution in [2.75, 3.05) is 0 Å². The van der Waals surface area contributed by atoms with Gasteiger partial charge in [-0.15, -0.1) is 0 Å². The molecule has 0 saturated heterocycles. The van der Waals surface area contributed by atoms with Gasteiger partial charge in [0.2, 0.25) is 0 Å². The minimum absolute atomic E-state index is 2.88. The summed E-state index contributed by atoms with van der Waals surface area (Å²) in [5.41, 5.74) is 0. The number of rotatable bonds is 9. The summed E-state index contributed by atoms with van der Waals surface area (Å²) in [5, 5.41) is 0. The molecule has 0 atom stereocenters. The third kappa shape index (κ3) is 10.9. The summed E-state index contributed by atoms with van der Waals surface area (Å²) in [6, 6.07) is -11.5. The van der Waals surface area contributed by atoms with Crippen LogP contribution in [-0.4, -0.2) is 0 Å². The Bertz CT molecular complexity index is 1630. The van der Waals surface area contributed by atoms with Crippen LogP contribution in [0.3, 0.4) is 0 Å². The molecule has 310 valence electrons. The van der Waals surface area contributed by atoms with Crippen LogP contribution >= 0.6 is 82.9 Å². The molecule has 0 radical (unpaired) electrons. The van der Waals surface area contributed by atoms with E-state index in [-0.39, 0.29) is 0 Å². The summed E-state index contributed by atoms with van der Waals surface area (Å²) in [5.74, 6) is 0. The molecule has 0 aliphatic heterocycles. The third-order valence-electron chi connectivity index (χ3n) is 4.75. The first-order chi connectivity index (χ1) is 19.6. The lowest BCUT2D eigenvalue weighted by molar-refractivity contribution is 0.339. The molecule has 0 unspecified atom stereocenters. The number of benzene rings is 2. The van der Waals surface area contributed by atoms with Crippen LogP contribution in [0.5, 0.6) is 0 Å². The maximum Gasteiger partial charge on any atom is 0.311 e. The van der Waals surface area contributed by atoms with E-state index in [0.29, 0.717) is 0 Å². The van der Waals surface area contributed by atoms with Crippen molar-refractivity contribution in [1.82, 2.24) is 0 Å². The van der Waals surface area contributed by atoms with Gasteiger partial charge in [-0.1, -0.05) is 117 Å². The molecule has 0 aliphatic carbocycles. The normalized spacial score (nSPS) is 23.1. The molecular formula is C12H4F30S8. The van der Waals surface area contributed by atoms with E-state index in [1.807, 2.05) is 0 Å². The zero-order valence-corrected chi connectivity index (χ0v) is 27.4. The van der Waals surface area contributed by atoms with Crippen molar-refractivity contribution in [1.29, 1.82) is 0 Å². The van der Waals surface area contributed by atoms with Crippen LogP contribution in [0.15, 0.2) is 63.4 Å². The summed E-state index contributed by atoms with van der Waals surface area (Å²) >= 11 is 0. The smallest absolute Gasteiger partial charge is 0.0936 e. The number of hydrogen-bond acceptors (Lipinski definition) is 2. The van der Waals surface area contributed by atoms with Crippen LogP contribution in [-0.2, 0) is 0 Å². The summed E-state index contributed by atoms with van der Waals surface area (Å²) in [7, 11) is -82.4. The van der Waals surface area contributed by atoms with Crippen molar-refractivity contribution in [2.45, 2.75) is 39.2 Å². The van der Waals surface area contributed by atoms with Crippen LogP contribution in [0.25, 0.3) is 0 Å². The molecular weight excluding hydrogens is 971 g/mol. The summed E-state index contributed by atoms with van der Waals surface area (Å²) in [6.45, 7) is 0. The topological polar surface area (TPSA) is 0 Å². The lowest BCUT2D eigenvalue weighted by Gasteiger charge is -2.49. The van der Waals surface area contributed by atoms with E-state index in [1.165, 1.54) is 0 Å². The summed E-state index contributed by atoms with van der Waals surface area (Å²) in [6.07, 6.45) is 0. The van der Waals surface area contributed by atoms with Crippen LogP contribution < -0.4 is 0 Å². The molecule has 0 N–H and O–H groups in total. The molecule has 0 fully saturated rings. The lowest BCUT2D eigenvalue weighted by atomic mass is 10.3. The molecule has 0 amide bonds. The molecule has 0 heterocycles. The van der Waals surface area contributed by atoms with E-state index in [4.69, 9.17) is 0 Å². The average molecular weight is 975 g/mol. The third-order valence-corrected chi connectivity index (χ3v) is 14.7. The van der Waals surface area contributed by atoms with E-state index in [2.05, 4.69) is 0 Å². The van der Waals surface area contributed by atoms with Crippen LogP contribution in [0, 0.1) is 0 Å². The molecule has 0 aromatic heterocycles. The van der Waals surface area contributed by atoms with Crippen molar-refractivity contribution in [3.05, 3.63) is 24.3 Å². The van der Waals surface area contributed by atoms with E-state index < -0.39 is 146 Å². The Balaban J connectivity index is 3.48. The van der Waals surface area contributed by atoms with Gasteiger partial charge in [0.1, 0.15) is 29.4 Å².